The number of hydrogen-bond donors (Lipinski definition) is 2. The Balaban J connectivity index is 2.11. The molecule has 0 saturated carbocycles. The first-order valence-corrected chi connectivity index (χ1v) is 7.01. The van der Waals surface area contributed by atoms with E-state index in [2.05, 4.69) is 20.2 Å². The molecule has 2 N–H and O–H groups in total. The van der Waals surface area contributed by atoms with Gasteiger partial charge in [-0.3, -0.25) is 9.82 Å². The fourth-order valence-electron chi connectivity index (χ4n) is 1.39. The van der Waals surface area contributed by atoms with Gasteiger partial charge in [-0.25, -0.2) is 5.48 Å². The zero-order chi connectivity index (χ0) is 13.0. The van der Waals surface area contributed by atoms with Crippen molar-refractivity contribution in [2.45, 2.75) is 24.7 Å². The third kappa shape index (κ3) is 2.77. The van der Waals surface area contributed by atoms with Crippen molar-refractivity contribution < 1.29 is 13.3 Å². The van der Waals surface area contributed by atoms with Gasteiger partial charge in [-0.2, -0.15) is 8.42 Å². The fourth-order valence-corrected chi connectivity index (χ4v) is 2.40. The van der Waals surface area contributed by atoms with Crippen LogP contribution in [-0.2, 0) is 14.9 Å². The molecule has 2 rings (SSSR count). The molecule has 1 aromatic heterocycles. The Morgan fingerprint density at radius 2 is 2.33 bits per heavy atom. The number of guanidine groups is 1. The molecule has 1 aromatic rings. The van der Waals surface area contributed by atoms with Crippen molar-refractivity contribution in [2.75, 3.05) is 11.9 Å². The summed E-state index contributed by atoms with van der Waals surface area (Å²) in [6, 6.07) is 1.56. The van der Waals surface area contributed by atoms with Crippen LogP contribution in [0.1, 0.15) is 19.8 Å². The predicted octanol–water partition coefficient (Wildman–Crippen LogP) is 0.873. The average molecular weight is 270 g/mol. The molecule has 8 heteroatoms. The van der Waals surface area contributed by atoms with Crippen molar-refractivity contribution in [3.8, 4) is 0 Å². The van der Waals surface area contributed by atoms with Gasteiger partial charge < -0.3 is 5.32 Å². The number of anilines is 1. The maximum atomic E-state index is 11.8. The highest BCUT2D eigenvalue weighted by molar-refractivity contribution is 7.90. The summed E-state index contributed by atoms with van der Waals surface area (Å²) < 4.78 is 27.2. The summed E-state index contributed by atoms with van der Waals surface area (Å²) in [4.78, 5) is 8.92. The number of nitrogens with zero attached hydrogens (tertiary/aromatic N) is 2. The molecule has 1 aliphatic heterocycles. The van der Waals surface area contributed by atoms with Crippen molar-refractivity contribution in [1.29, 1.82) is 0 Å². The highest BCUT2D eigenvalue weighted by Gasteiger charge is 2.24. The predicted molar refractivity (Wildman–Crippen MR) is 66.5 cm³/mol. The summed E-state index contributed by atoms with van der Waals surface area (Å²) in [6.45, 7) is 2.52. The summed E-state index contributed by atoms with van der Waals surface area (Å²) in [7, 11) is -3.71. The number of unbranched alkanes of at least 4 members (excludes halogenated alkanes) is 1. The molecule has 18 heavy (non-hydrogen) atoms. The molecule has 0 atom stereocenters. The second-order valence-electron chi connectivity index (χ2n) is 3.72. The minimum Gasteiger partial charge on any atom is -0.322 e. The first-order chi connectivity index (χ1) is 8.63. The summed E-state index contributed by atoms with van der Waals surface area (Å²) in [6.07, 6.45) is 4.64. The number of hydrogen-bond acceptors (Lipinski definition) is 6. The highest BCUT2D eigenvalue weighted by atomic mass is 32.2. The van der Waals surface area contributed by atoms with Gasteiger partial charge in [0.25, 0.3) is 10.0 Å². The van der Waals surface area contributed by atoms with Crippen LogP contribution in [0.5, 0.6) is 0 Å². The Labute approximate surface area is 105 Å². The summed E-state index contributed by atoms with van der Waals surface area (Å²) in [5.41, 5.74) is 2.92. The average Bonchev–Trinajstić information content (AvgIpc) is 2.34. The van der Waals surface area contributed by atoms with E-state index in [0.717, 1.165) is 12.8 Å². The minimum absolute atomic E-state index is 0.0594. The van der Waals surface area contributed by atoms with Crippen LogP contribution in [-0.4, -0.2) is 26.0 Å². The number of sulfonamides is 1. The topological polar surface area (TPSA) is 92.7 Å². The molecule has 0 radical (unpaired) electrons. The quantitative estimate of drug-likeness (QED) is 0.623. The van der Waals surface area contributed by atoms with E-state index in [1.165, 1.54) is 12.4 Å². The first kappa shape index (κ1) is 12.8. The lowest BCUT2D eigenvalue weighted by molar-refractivity contribution is 0.0826. The largest absolute Gasteiger partial charge is 0.322 e. The normalized spacial score (nSPS) is 16.4. The molecule has 0 aliphatic carbocycles. The smallest absolute Gasteiger partial charge is 0.289 e. The van der Waals surface area contributed by atoms with Gasteiger partial charge in [0.2, 0.25) is 5.96 Å². The van der Waals surface area contributed by atoms with E-state index in [1.54, 1.807) is 6.07 Å². The van der Waals surface area contributed by atoms with Crippen molar-refractivity contribution >= 4 is 21.7 Å². The summed E-state index contributed by atoms with van der Waals surface area (Å²) in [5, 5.41) is 2.82. The molecule has 1 aliphatic rings. The number of rotatable bonds is 4. The van der Waals surface area contributed by atoms with Crippen LogP contribution >= 0.6 is 0 Å². The van der Waals surface area contributed by atoms with Gasteiger partial charge in [-0.15, -0.1) is 4.40 Å². The molecule has 0 saturated heterocycles. The molecule has 7 nitrogen and oxygen atoms in total. The highest BCUT2D eigenvalue weighted by Crippen LogP contribution is 2.24. The monoisotopic (exact) mass is 270 g/mol. The van der Waals surface area contributed by atoms with Crippen molar-refractivity contribution in [1.82, 2.24) is 10.5 Å². The molecule has 0 unspecified atom stereocenters. The number of pyridine rings is 1. The molecular weight excluding hydrogens is 256 g/mol. The Morgan fingerprint density at radius 3 is 3.11 bits per heavy atom. The fraction of sp³-hybridized carbons (Fsp3) is 0.400. The molecule has 2 heterocycles. The second-order valence-corrected chi connectivity index (χ2v) is 5.29. The molecule has 0 amide bonds. The first-order valence-electron chi connectivity index (χ1n) is 5.57. The molecule has 0 fully saturated rings. The molecule has 98 valence electrons. The Hall–Kier alpha value is -1.67. The SMILES string of the molecule is CCCCONC1=NS(=O)(=O)c2cnccc2N1. The summed E-state index contributed by atoms with van der Waals surface area (Å²) >= 11 is 0. The number of hydroxylamine groups is 1. The maximum absolute atomic E-state index is 11.8. The zero-order valence-corrected chi connectivity index (χ0v) is 10.7. The van der Waals surface area contributed by atoms with E-state index in [9.17, 15) is 8.42 Å². The van der Waals surface area contributed by atoms with Gasteiger partial charge >= 0.3 is 0 Å². The Morgan fingerprint density at radius 1 is 1.50 bits per heavy atom. The molecule has 0 spiro atoms. The minimum atomic E-state index is -3.71. The standard InChI is InChI=1S/C10H14N4O3S/c1-2-3-6-17-13-10-12-8-4-5-11-7-9(8)18(15,16)14-10/h4-5,7H,2-3,6H2,1H3,(H2,12,13,14). The lowest BCUT2D eigenvalue weighted by Gasteiger charge is -2.17. The Bertz CT molecular complexity index is 556. The Kier molecular flexibility index (Phi) is 3.78. The number of aromatic nitrogens is 1. The lowest BCUT2D eigenvalue weighted by atomic mass is 10.4. The molecular formula is C10H14N4O3S. The van der Waals surface area contributed by atoms with Crippen LogP contribution in [0.4, 0.5) is 5.69 Å². The van der Waals surface area contributed by atoms with Crippen LogP contribution in [0.25, 0.3) is 0 Å². The van der Waals surface area contributed by atoms with Crippen LogP contribution < -0.4 is 10.8 Å². The van der Waals surface area contributed by atoms with Gasteiger partial charge in [0.05, 0.1) is 12.3 Å². The number of fused-ring (bicyclic) bond motifs is 1. The van der Waals surface area contributed by atoms with E-state index in [-0.39, 0.29) is 10.9 Å². The van der Waals surface area contributed by atoms with Gasteiger partial charge in [0, 0.05) is 12.4 Å². The maximum Gasteiger partial charge on any atom is 0.289 e. The number of nitrogens with one attached hydrogen (secondary N) is 2. The van der Waals surface area contributed by atoms with E-state index >= 15 is 0 Å². The molecule has 0 aromatic carbocycles. The van der Waals surface area contributed by atoms with Crippen LogP contribution in [0.15, 0.2) is 27.8 Å². The van der Waals surface area contributed by atoms with Crippen LogP contribution in [0, 0.1) is 0 Å². The van der Waals surface area contributed by atoms with E-state index in [4.69, 9.17) is 4.84 Å². The second kappa shape index (κ2) is 5.32. The van der Waals surface area contributed by atoms with Gasteiger partial charge in [0.15, 0.2) is 0 Å². The third-order valence-corrected chi connectivity index (χ3v) is 3.60. The van der Waals surface area contributed by atoms with Crippen LogP contribution in [0.3, 0.4) is 0 Å². The van der Waals surface area contributed by atoms with Crippen molar-refractivity contribution in [2.24, 2.45) is 4.40 Å². The van der Waals surface area contributed by atoms with Crippen molar-refractivity contribution in [3.05, 3.63) is 18.5 Å². The lowest BCUT2D eigenvalue weighted by Crippen LogP contribution is -2.35. The van der Waals surface area contributed by atoms with Gasteiger partial charge in [0.1, 0.15) is 4.90 Å². The third-order valence-electron chi connectivity index (χ3n) is 2.30. The summed E-state index contributed by atoms with van der Waals surface area (Å²) in [5.74, 6) is 0.0600. The molecule has 0 bridgehead atoms. The van der Waals surface area contributed by atoms with Gasteiger partial charge in [-0.1, -0.05) is 13.3 Å². The van der Waals surface area contributed by atoms with Crippen molar-refractivity contribution in [3.63, 3.8) is 0 Å². The zero-order valence-electron chi connectivity index (χ0n) is 9.88. The van der Waals surface area contributed by atoms with E-state index < -0.39 is 10.0 Å². The van der Waals surface area contributed by atoms with E-state index in [1.807, 2.05) is 6.92 Å². The van der Waals surface area contributed by atoms with Gasteiger partial charge in [-0.05, 0) is 12.5 Å². The van der Waals surface area contributed by atoms with E-state index in [0.29, 0.717) is 12.3 Å². The van der Waals surface area contributed by atoms with Crippen LogP contribution in [0.2, 0.25) is 0 Å².